The van der Waals surface area contributed by atoms with Gasteiger partial charge in [-0.3, -0.25) is 4.79 Å². The van der Waals surface area contributed by atoms with E-state index in [0.29, 0.717) is 17.2 Å². The Hall–Kier alpha value is -3.22. The maximum atomic E-state index is 13.0. The summed E-state index contributed by atoms with van der Waals surface area (Å²) in [4.78, 5) is 23.4. The number of aromatic nitrogens is 2. The van der Waals surface area contributed by atoms with Crippen LogP contribution in [0.2, 0.25) is 0 Å². The van der Waals surface area contributed by atoms with Gasteiger partial charge in [0.1, 0.15) is 11.6 Å². The van der Waals surface area contributed by atoms with Crippen molar-refractivity contribution in [2.24, 2.45) is 0 Å². The van der Waals surface area contributed by atoms with Crippen molar-refractivity contribution in [2.75, 3.05) is 11.9 Å². The molecular formula is C18H18FN3O3. The van der Waals surface area contributed by atoms with Crippen LogP contribution in [0.4, 0.5) is 10.2 Å². The van der Waals surface area contributed by atoms with Crippen molar-refractivity contribution in [1.29, 1.82) is 0 Å². The molecule has 2 rings (SSSR count). The molecule has 0 fully saturated rings. The molecule has 130 valence electrons. The highest BCUT2D eigenvalue weighted by atomic mass is 19.1. The average molecular weight is 343 g/mol. The van der Waals surface area contributed by atoms with Crippen LogP contribution in [-0.2, 0) is 14.3 Å². The number of anilines is 1. The monoisotopic (exact) mass is 343 g/mol. The van der Waals surface area contributed by atoms with Crippen molar-refractivity contribution >= 4 is 17.7 Å². The Morgan fingerprint density at radius 3 is 2.68 bits per heavy atom. The topological polar surface area (TPSA) is 73.2 Å². The number of hydrogen-bond acceptors (Lipinski definition) is 4. The Morgan fingerprint density at radius 1 is 1.28 bits per heavy atom. The number of rotatable bonds is 6. The molecule has 0 aliphatic carbocycles. The fourth-order valence-corrected chi connectivity index (χ4v) is 1.98. The van der Waals surface area contributed by atoms with Crippen molar-refractivity contribution in [2.45, 2.75) is 13.8 Å². The lowest BCUT2D eigenvalue weighted by molar-refractivity contribution is -0.142. The Balaban J connectivity index is 2.01. The average Bonchev–Trinajstić information content (AvgIpc) is 2.94. The van der Waals surface area contributed by atoms with Gasteiger partial charge in [0.25, 0.3) is 5.91 Å². The number of allylic oxidation sites excluding steroid dienone is 3. The van der Waals surface area contributed by atoms with Gasteiger partial charge in [-0.15, -0.1) is 0 Å². The first-order valence-electron chi connectivity index (χ1n) is 7.58. The van der Waals surface area contributed by atoms with E-state index in [9.17, 15) is 14.0 Å². The van der Waals surface area contributed by atoms with E-state index in [1.165, 1.54) is 29.0 Å². The zero-order valence-corrected chi connectivity index (χ0v) is 13.9. The van der Waals surface area contributed by atoms with Crippen LogP contribution >= 0.6 is 0 Å². The van der Waals surface area contributed by atoms with Crippen LogP contribution in [0.3, 0.4) is 0 Å². The second kappa shape index (κ2) is 8.58. The summed E-state index contributed by atoms with van der Waals surface area (Å²) in [5, 5.41) is 6.88. The van der Waals surface area contributed by atoms with E-state index in [-0.39, 0.29) is 5.82 Å². The first kappa shape index (κ1) is 18.1. The minimum Gasteiger partial charge on any atom is -0.452 e. The highest BCUT2D eigenvalue weighted by molar-refractivity contribution is 5.93. The molecular weight excluding hydrogens is 325 g/mol. The third-order valence-corrected chi connectivity index (χ3v) is 3.05. The molecule has 1 heterocycles. The van der Waals surface area contributed by atoms with Crippen molar-refractivity contribution in [1.82, 2.24) is 9.78 Å². The van der Waals surface area contributed by atoms with E-state index in [1.54, 1.807) is 37.3 Å². The molecule has 0 atom stereocenters. The number of hydrogen-bond donors (Lipinski definition) is 1. The Labute approximate surface area is 144 Å². The molecule has 0 saturated heterocycles. The highest BCUT2D eigenvalue weighted by Crippen LogP contribution is 2.17. The fraction of sp³-hybridized carbons (Fsp3) is 0.167. The van der Waals surface area contributed by atoms with Crippen molar-refractivity contribution < 1.29 is 18.7 Å². The fourth-order valence-electron chi connectivity index (χ4n) is 1.98. The van der Waals surface area contributed by atoms with E-state index in [2.05, 4.69) is 10.4 Å². The summed E-state index contributed by atoms with van der Waals surface area (Å²) in [5.74, 6) is -1.08. The highest BCUT2D eigenvalue weighted by Gasteiger charge is 2.12. The summed E-state index contributed by atoms with van der Waals surface area (Å²) < 4.78 is 19.4. The van der Waals surface area contributed by atoms with Crippen LogP contribution in [0.5, 0.6) is 0 Å². The molecule has 1 amide bonds. The molecule has 1 aromatic heterocycles. The summed E-state index contributed by atoms with van der Waals surface area (Å²) in [6.07, 6.45) is 6.17. The van der Waals surface area contributed by atoms with Gasteiger partial charge < -0.3 is 10.1 Å². The van der Waals surface area contributed by atoms with Gasteiger partial charge in [0.2, 0.25) is 0 Å². The molecule has 2 aromatic rings. The largest absolute Gasteiger partial charge is 0.452 e. The maximum absolute atomic E-state index is 13.0. The number of halogens is 1. The van der Waals surface area contributed by atoms with Crippen molar-refractivity contribution in [3.63, 3.8) is 0 Å². The number of benzene rings is 1. The number of nitrogens with one attached hydrogen (secondary N) is 1. The number of ether oxygens (including phenoxy) is 1. The molecule has 25 heavy (non-hydrogen) atoms. The van der Waals surface area contributed by atoms with Crippen LogP contribution in [0.1, 0.15) is 12.6 Å². The molecule has 6 nitrogen and oxygen atoms in total. The molecule has 0 aliphatic heterocycles. The number of carbonyl (C=O) groups is 2. The molecule has 1 N–H and O–H groups in total. The predicted octanol–water partition coefficient (Wildman–Crippen LogP) is 2.93. The van der Waals surface area contributed by atoms with E-state index < -0.39 is 18.5 Å². The van der Waals surface area contributed by atoms with Crippen LogP contribution in [0.15, 0.2) is 54.6 Å². The molecule has 0 radical (unpaired) electrons. The zero-order valence-electron chi connectivity index (χ0n) is 13.9. The molecule has 0 aliphatic rings. The third kappa shape index (κ3) is 5.42. The van der Waals surface area contributed by atoms with Gasteiger partial charge in [0.15, 0.2) is 6.61 Å². The standard InChI is InChI=1S/C18H18FN3O3/c1-3-4-5-6-18(24)25-12-17(23)20-16-11-13(2)21-22(16)15-9-7-14(19)8-10-15/h3-11H,12H2,1-2H3,(H,20,23). The normalized spacial score (nSPS) is 11.2. The summed E-state index contributed by atoms with van der Waals surface area (Å²) >= 11 is 0. The number of amides is 1. The second-order valence-corrected chi connectivity index (χ2v) is 5.10. The van der Waals surface area contributed by atoms with Gasteiger partial charge in [0.05, 0.1) is 11.4 Å². The van der Waals surface area contributed by atoms with E-state index in [4.69, 9.17) is 4.74 Å². The summed E-state index contributed by atoms with van der Waals surface area (Å²) in [5.41, 5.74) is 1.27. The number of carbonyl (C=O) groups excluding carboxylic acids is 2. The maximum Gasteiger partial charge on any atom is 0.331 e. The lowest BCUT2D eigenvalue weighted by Crippen LogP contribution is -2.21. The van der Waals surface area contributed by atoms with Crippen LogP contribution < -0.4 is 5.32 Å². The second-order valence-electron chi connectivity index (χ2n) is 5.10. The summed E-state index contributed by atoms with van der Waals surface area (Å²) in [7, 11) is 0. The molecule has 1 aromatic carbocycles. The van der Waals surface area contributed by atoms with Crippen molar-refractivity contribution in [3.8, 4) is 5.69 Å². The quantitative estimate of drug-likeness (QED) is 0.497. The third-order valence-electron chi connectivity index (χ3n) is 3.05. The zero-order chi connectivity index (χ0) is 18.2. The summed E-state index contributed by atoms with van der Waals surface area (Å²) in [6, 6.07) is 7.36. The molecule has 0 saturated carbocycles. The van der Waals surface area contributed by atoms with E-state index >= 15 is 0 Å². The summed E-state index contributed by atoms with van der Waals surface area (Å²) in [6.45, 7) is 3.16. The SMILES string of the molecule is CC=CC=CC(=O)OCC(=O)Nc1cc(C)nn1-c1ccc(F)cc1. The van der Waals surface area contributed by atoms with Gasteiger partial charge >= 0.3 is 5.97 Å². The molecule has 0 bridgehead atoms. The Morgan fingerprint density at radius 2 is 2.00 bits per heavy atom. The number of esters is 1. The van der Waals surface area contributed by atoms with Crippen LogP contribution in [0.25, 0.3) is 5.69 Å². The first-order valence-corrected chi connectivity index (χ1v) is 7.58. The Bertz CT molecular complexity index is 807. The predicted molar refractivity (Wildman–Crippen MR) is 91.8 cm³/mol. The Kier molecular flexibility index (Phi) is 6.22. The molecule has 7 heteroatoms. The number of nitrogens with zero attached hydrogens (tertiary/aromatic N) is 2. The molecule has 0 spiro atoms. The van der Waals surface area contributed by atoms with Crippen LogP contribution in [-0.4, -0.2) is 28.3 Å². The smallest absolute Gasteiger partial charge is 0.331 e. The number of aryl methyl sites for hydroxylation is 1. The van der Waals surface area contributed by atoms with E-state index in [0.717, 1.165) is 0 Å². The van der Waals surface area contributed by atoms with Gasteiger partial charge in [-0.25, -0.2) is 13.9 Å². The minimum atomic E-state index is -0.614. The first-order chi connectivity index (χ1) is 12.0. The van der Waals surface area contributed by atoms with Gasteiger partial charge in [-0.2, -0.15) is 5.10 Å². The minimum absolute atomic E-state index is 0.365. The van der Waals surface area contributed by atoms with Gasteiger partial charge in [-0.1, -0.05) is 18.2 Å². The lowest BCUT2D eigenvalue weighted by atomic mass is 10.3. The van der Waals surface area contributed by atoms with Gasteiger partial charge in [0, 0.05) is 12.1 Å². The lowest BCUT2D eigenvalue weighted by Gasteiger charge is -2.09. The van der Waals surface area contributed by atoms with Gasteiger partial charge in [-0.05, 0) is 38.1 Å². The van der Waals surface area contributed by atoms with E-state index in [1.807, 2.05) is 6.92 Å². The van der Waals surface area contributed by atoms with Crippen LogP contribution in [0, 0.1) is 12.7 Å². The van der Waals surface area contributed by atoms with Crippen molar-refractivity contribution in [3.05, 3.63) is 66.1 Å². The molecule has 0 unspecified atom stereocenters.